The Morgan fingerprint density at radius 3 is 2.27 bits per heavy atom. The van der Waals surface area contributed by atoms with Crippen molar-refractivity contribution in [3.8, 4) is 0 Å². The van der Waals surface area contributed by atoms with Gasteiger partial charge in [0, 0.05) is 6.54 Å². The first kappa shape index (κ1) is 7.98. The number of halogens is 2. The van der Waals surface area contributed by atoms with E-state index in [0.717, 1.165) is 0 Å². The second-order valence-electron chi connectivity index (χ2n) is 2.15. The minimum Gasteiger partial charge on any atom is -0.212 e. The third kappa shape index (κ3) is 1.90. The third-order valence-corrected chi connectivity index (χ3v) is 1.38. The van der Waals surface area contributed by atoms with Crippen LogP contribution in [0.2, 0.25) is 0 Å². The van der Waals surface area contributed by atoms with Crippen molar-refractivity contribution in [2.75, 3.05) is 11.7 Å². The average Bonchev–Trinajstić information content (AvgIpc) is 2.05. The van der Waals surface area contributed by atoms with E-state index in [1.807, 2.05) is 0 Å². The van der Waals surface area contributed by atoms with Crippen LogP contribution in [0.15, 0.2) is 24.3 Å². The van der Waals surface area contributed by atoms with Gasteiger partial charge in [0.05, 0.1) is 5.69 Å². The maximum Gasteiger partial charge on any atom is 0.123 e. The highest BCUT2D eigenvalue weighted by Crippen LogP contribution is 2.14. The van der Waals surface area contributed by atoms with Crippen molar-refractivity contribution in [1.82, 2.24) is 0 Å². The fourth-order valence-corrected chi connectivity index (χ4v) is 0.785. The van der Waals surface area contributed by atoms with E-state index in [1.54, 1.807) is 6.92 Å². The smallest absolute Gasteiger partial charge is 0.123 e. The van der Waals surface area contributed by atoms with Gasteiger partial charge in [-0.3, -0.25) is 0 Å². The molecule has 1 nitrogen and oxygen atoms in total. The summed E-state index contributed by atoms with van der Waals surface area (Å²) in [6.45, 7) is 1.95. The fourth-order valence-electron chi connectivity index (χ4n) is 0.785. The van der Waals surface area contributed by atoms with Crippen molar-refractivity contribution in [2.24, 2.45) is 0 Å². The lowest BCUT2D eigenvalue weighted by atomic mass is 10.3. The molecule has 0 bridgehead atoms. The van der Waals surface area contributed by atoms with E-state index in [1.165, 1.54) is 24.3 Å². The van der Waals surface area contributed by atoms with Crippen LogP contribution in [0.25, 0.3) is 0 Å². The molecule has 0 aliphatic rings. The normalized spacial score (nSPS) is 9.73. The predicted octanol–water partition coefficient (Wildman–Crippen LogP) is 2.54. The number of hydrogen-bond donors (Lipinski definition) is 0. The first-order chi connectivity index (χ1) is 5.24. The maximum atomic E-state index is 12.7. The molecule has 0 radical (unpaired) electrons. The van der Waals surface area contributed by atoms with E-state index in [4.69, 9.17) is 0 Å². The summed E-state index contributed by atoms with van der Waals surface area (Å²) in [7, 11) is 0. The largest absolute Gasteiger partial charge is 0.212 e. The van der Waals surface area contributed by atoms with Gasteiger partial charge in [0.25, 0.3) is 0 Å². The van der Waals surface area contributed by atoms with Crippen molar-refractivity contribution in [3.05, 3.63) is 30.1 Å². The molecule has 0 unspecified atom stereocenters. The Bertz CT molecular complexity index is 220. The van der Waals surface area contributed by atoms with Crippen LogP contribution in [-0.4, -0.2) is 6.54 Å². The molecular weight excluding hydrogens is 148 g/mol. The zero-order valence-corrected chi connectivity index (χ0v) is 6.22. The molecule has 0 fully saturated rings. The first-order valence-corrected chi connectivity index (χ1v) is 3.43. The van der Waals surface area contributed by atoms with Crippen LogP contribution in [0, 0.1) is 5.82 Å². The second-order valence-corrected chi connectivity index (χ2v) is 2.15. The van der Waals surface area contributed by atoms with Crippen molar-refractivity contribution in [1.29, 1.82) is 0 Å². The van der Waals surface area contributed by atoms with E-state index in [-0.39, 0.29) is 12.4 Å². The molecular formula is C8H9F2N. The monoisotopic (exact) mass is 157 g/mol. The Kier molecular flexibility index (Phi) is 2.41. The molecule has 0 saturated carbocycles. The van der Waals surface area contributed by atoms with Crippen molar-refractivity contribution < 1.29 is 8.87 Å². The zero-order valence-electron chi connectivity index (χ0n) is 6.22. The molecule has 1 rings (SSSR count). The third-order valence-electron chi connectivity index (χ3n) is 1.38. The minimum atomic E-state index is -0.349. The minimum absolute atomic E-state index is 0.269. The Morgan fingerprint density at radius 2 is 1.82 bits per heavy atom. The molecule has 0 amide bonds. The lowest BCUT2D eigenvalue weighted by Crippen LogP contribution is -2.09. The van der Waals surface area contributed by atoms with E-state index >= 15 is 0 Å². The van der Waals surface area contributed by atoms with Gasteiger partial charge in [-0.25, -0.2) is 9.51 Å². The molecule has 60 valence electrons. The van der Waals surface area contributed by atoms with Gasteiger partial charge in [-0.1, -0.05) is 4.48 Å². The average molecular weight is 157 g/mol. The van der Waals surface area contributed by atoms with Crippen LogP contribution in [0.1, 0.15) is 6.92 Å². The molecule has 0 spiro atoms. The number of anilines is 1. The van der Waals surface area contributed by atoms with Gasteiger partial charge in [0.2, 0.25) is 0 Å². The summed E-state index contributed by atoms with van der Waals surface area (Å²) in [5, 5.41) is 0.555. The molecule has 3 heteroatoms. The zero-order chi connectivity index (χ0) is 8.27. The van der Waals surface area contributed by atoms with Crippen LogP contribution < -0.4 is 5.12 Å². The van der Waals surface area contributed by atoms with Crippen molar-refractivity contribution >= 4 is 5.69 Å². The highest BCUT2D eigenvalue weighted by Gasteiger charge is 2.00. The number of benzene rings is 1. The summed E-state index contributed by atoms with van der Waals surface area (Å²) in [4.78, 5) is 0. The van der Waals surface area contributed by atoms with Gasteiger partial charge >= 0.3 is 0 Å². The molecule has 0 aliphatic carbocycles. The van der Waals surface area contributed by atoms with Crippen LogP contribution in [0.4, 0.5) is 14.6 Å². The highest BCUT2D eigenvalue weighted by atomic mass is 19.2. The number of rotatable bonds is 2. The molecule has 0 heterocycles. The lowest BCUT2D eigenvalue weighted by molar-refractivity contribution is 0.444. The molecule has 1 aromatic rings. The quantitative estimate of drug-likeness (QED) is 0.596. The number of nitrogens with zero attached hydrogens (tertiary/aromatic N) is 1. The molecule has 0 saturated heterocycles. The Morgan fingerprint density at radius 1 is 1.27 bits per heavy atom. The van der Waals surface area contributed by atoms with Crippen LogP contribution in [-0.2, 0) is 0 Å². The molecule has 0 atom stereocenters. The SMILES string of the molecule is CCN(F)c1ccc(F)cc1. The molecule has 0 aromatic heterocycles. The van der Waals surface area contributed by atoms with E-state index in [9.17, 15) is 8.87 Å². The Labute approximate surface area is 64.2 Å². The topological polar surface area (TPSA) is 3.24 Å². The lowest BCUT2D eigenvalue weighted by Gasteiger charge is -2.09. The van der Waals surface area contributed by atoms with E-state index < -0.39 is 0 Å². The molecule has 11 heavy (non-hydrogen) atoms. The van der Waals surface area contributed by atoms with Crippen LogP contribution in [0.3, 0.4) is 0 Å². The summed E-state index contributed by atoms with van der Waals surface area (Å²) < 4.78 is 25.0. The predicted molar refractivity (Wildman–Crippen MR) is 40.5 cm³/mol. The standard InChI is InChI=1S/C8H9F2N/c1-2-11(10)8-5-3-7(9)4-6-8/h3-6H,2H2,1H3. The number of hydrogen-bond acceptors (Lipinski definition) is 1. The molecule has 0 aliphatic heterocycles. The summed E-state index contributed by atoms with van der Waals surface area (Å²) >= 11 is 0. The van der Waals surface area contributed by atoms with Gasteiger partial charge in [0.1, 0.15) is 5.82 Å². The molecule has 0 N–H and O–H groups in total. The summed E-state index contributed by atoms with van der Waals surface area (Å²) in [6.07, 6.45) is 0. The van der Waals surface area contributed by atoms with E-state index in [2.05, 4.69) is 0 Å². The van der Waals surface area contributed by atoms with Crippen molar-refractivity contribution in [2.45, 2.75) is 6.92 Å². The Hall–Kier alpha value is -1.12. The second kappa shape index (κ2) is 3.32. The van der Waals surface area contributed by atoms with E-state index in [0.29, 0.717) is 10.8 Å². The molecule has 1 aromatic carbocycles. The van der Waals surface area contributed by atoms with Gasteiger partial charge < -0.3 is 0 Å². The van der Waals surface area contributed by atoms with Gasteiger partial charge in [0.15, 0.2) is 0 Å². The summed E-state index contributed by atoms with van der Waals surface area (Å²) in [5.41, 5.74) is 0.383. The van der Waals surface area contributed by atoms with Gasteiger partial charge in [-0.05, 0) is 31.2 Å². The fraction of sp³-hybridized carbons (Fsp3) is 0.250. The first-order valence-electron chi connectivity index (χ1n) is 3.43. The highest BCUT2D eigenvalue weighted by molar-refractivity contribution is 5.43. The van der Waals surface area contributed by atoms with Crippen molar-refractivity contribution in [3.63, 3.8) is 0 Å². The summed E-state index contributed by atoms with van der Waals surface area (Å²) in [6, 6.07) is 5.27. The van der Waals surface area contributed by atoms with Gasteiger partial charge in [-0.15, -0.1) is 0 Å². The summed E-state index contributed by atoms with van der Waals surface area (Å²) in [5.74, 6) is -0.349. The maximum absolute atomic E-state index is 12.7. The van der Waals surface area contributed by atoms with Crippen LogP contribution >= 0.6 is 0 Å². The Balaban J connectivity index is 2.81. The van der Waals surface area contributed by atoms with Crippen LogP contribution in [0.5, 0.6) is 0 Å². The van der Waals surface area contributed by atoms with Gasteiger partial charge in [-0.2, -0.15) is 0 Å².